The zero-order chi connectivity index (χ0) is 15.4. The summed E-state index contributed by atoms with van der Waals surface area (Å²) in [4.78, 5) is 11.6. The summed E-state index contributed by atoms with van der Waals surface area (Å²) in [6.07, 6.45) is 2.35. The van der Waals surface area contributed by atoms with Gasteiger partial charge in [-0.2, -0.15) is 0 Å². The summed E-state index contributed by atoms with van der Waals surface area (Å²) in [6.45, 7) is 0.426. The average molecular weight is 296 g/mol. The van der Waals surface area contributed by atoms with Gasteiger partial charge in [0.25, 0.3) is 0 Å². The first kappa shape index (κ1) is 14.6. The number of nitrogens with two attached hydrogens (primary N) is 1. The lowest BCUT2D eigenvalue weighted by molar-refractivity contribution is -0.116. The van der Waals surface area contributed by atoms with Gasteiger partial charge in [-0.05, 0) is 42.2 Å². The number of hydrogen-bond acceptors (Lipinski definition) is 3. The summed E-state index contributed by atoms with van der Waals surface area (Å²) in [5.41, 5.74) is 9.32. The fraction of sp³-hybridized carbons (Fsp3) is 0.278. The highest BCUT2D eigenvalue weighted by Crippen LogP contribution is 2.25. The van der Waals surface area contributed by atoms with Crippen LogP contribution in [0.25, 0.3) is 0 Å². The smallest absolute Gasteiger partial charge is 0.224 e. The molecule has 114 valence electrons. The van der Waals surface area contributed by atoms with E-state index in [1.54, 1.807) is 0 Å². The third-order valence-corrected chi connectivity index (χ3v) is 3.85. The van der Waals surface area contributed by atoms with Gasteiger partial charge < -0.3 is 15.8 Å². The van der Waals surface area contributed by atoms with E-state index in [-0.39, 0.29) is 11.9 Å². The van der Waals surface area contributed by atoms with E-state index >= 15 is 0 Å². The number of para-hydroxylation sites is 1. The number of carbonyl (C=O) groups excluding carboxylic acids is 1. The van der Waals surface area contributed by atoms with Crippen LogP contribution in [0.15, 0.2) is 48.5 Å². The van der Waals surface area contributed by atoms with Crippen molar-refractivity contribution in [2.24, 2.45) is 5.73 Å². The van der Waals surface area contributed by atoms with Crippen LogP contribution >= 0.6 is 0 Å². The minimum absolute atomic E-state index is 0.0863. The predicted octanol–water partition coefficient (Wildman–Crippen LogP) is 3.04. The van der Waals surface area contributed by atoms with Crippen molar-refractivity contribution in [1.29, 1.82) is 0 Å². The molecule has 1 aliphatic rings. The third-order valence-electron chi connectivity index (χ3n) is 3.85. The lowest BCUT2D eigenvalue weighted by Gasteiger charge is -2.16. The molecule has 3 N–H and O–H groups in total. The van der Waals surface area contributed by atoms with Gasteiger partial charge in [0, 0.05) is 12.1 Å². The van der Waals surface area contributed by atoms with E-state index < -0.39 is 0 Å². The number of nitrogens with one attached hydrogen (secondary N) is 1. The van der Waals surface area contributed by atoms with E-state index in [4.69, 9.17) is 10.5 Å². The maximum Gasteiger partial charge on any atom is 0.224 e. The van der Waals surface area contributed by atoms with E-state index in [9.17, 15) is 4.79 Å². The van der Waals surface area contributed by atoms with Crippen LogP contribution in [0.5, 0.6) is 5.75 Å². The normalized spacial score (nSPS) is 15.4. The number of ether oxygens (including phenoxy) is 1. The second kappa shape index (κ2) is 6.62. The van der Waals surface area contributed by atoms with Gasteiger partial charge in [-0.3, -0.25) is 4.79 Å². The Morgan fingerprint density at radius 2 is 1.95 bits per heavy atom. The SMILES string of the molecule is NC(COc1ccccc1)c1ccc2c(c1)CCCC(=O)N2. The Hall–Kier alpha value is -2.33. The Labute approximate surface area is 130 Å². The van der Waals surface area contributed by atoms with Crippen molar-refractivity contribution in [2.45, 2.75) is 25.3 Å². The molecule has 1 aliphatic heterocycles. The molecule has 1 unspecified atom stereocenters. The Balaban J connectivity index is 1.69. The second-order valence-electron chi connectivity index (χ2n) is 5.55. The van der Waals surface area contributed by atoms with Crippen LogP contribution < -0.4 is 15.8 Å². The molecule has 3 rings (SSSR count). The molecule has 0 bridgehead atoms. The fourth-order valence-corrected chi connectivity index (χ4v) is 2.62. The Kier molecular flexibility index (Phi) is 4.39. The topological polar surface area (TPSA) is 64.3 Å². The lowest BCUT2D eigenvalue weighted by atomic mass is 10.0. The minimum Gasteiger partial charge on any atom is -0.492 e. The first-order valence-electron chi connectivity index (χ1n) is 7.58. The van der Waals surface area contributed by atoms with Crippen LogP contribution in [0.3, 0.4) is 0 Å². The molecule has 0 saturated carbocycles. The summed E-state index contributed by atoms with van der Waals surface area (Å²) in [6, 6.07) is 15.5. The van der Waals surface area contributed by atoms with Gasteiger partial charge in [0.2, 0.25) is 5.91 Å². The molecule has 4 nitrogen and oxygen atoms in total. The van der Waals surface area contributed by atoms with Crippen LogP contribution in [0.2, 0.25) is 0 Å². The summed E-state index contributed by atoms with van der Waals surface area (Å²) in [5, 5.41) is 2.94. The van der Waals surface area contributed by atoms with Gasteiger partial charge in [-0.15, -0.1) is 0 Å². The summed E-state index contributed by atoms with van der Waals surface area (Å²) < 4.78 is 5.71. The molecule has 1 atom stereocenters. The molecular weight excluding hydrogens is 276 g/mol. The van der Waals surface area contributed by atoms with E-state index in [0.29, 0.717) is 13.0 Å². The third kappa shape index (κ3) is 3.46. The molecule has 22 heavy (non-hydrogen) atoms. The van der Waals surface area contributed by atoms with Crippen molar-refractivity contribution in [3.8, 4) is 5.75 Å². The number of carbonyl (C=O) groups is 1. The zero-order valence-corrected chi connectivity index (χ0v) is 12.4. The molecule has 0 saturated heterocycles. The maximum atomic E-state index is 11.6. The summed E-state index contributed by atoms with van der Waals surface area (Å²) in [5.74, 6) is 0.906. The van der Waals surface area contributed by atoms with Gasteiger partial charge in [0.15, 0.2) is 0 Å². The number of fused-ring (bicyclic) bond motifs is 1. The van der Waals surface area contributed by atoms with Crippen molar-refractivity contribution in [2.75, 3.05) is 11.9 Å². The van der Waals surface area contributed by atoms with Crippen LogP contribution in [0.1, 0.15) is 30.0 Å². The van der Waals surface area contributed by atoms with Crippen molar-refractivity contribution in [3.63, 3.8) is 0 Å². The van der Waals surface area contributed by atoms with Crippen molar-refractivity contribution >= 4 is 11.6 Å². The highest BCUT2D eigenvalue weighted by atomic mass is 16.5. The molecule has 1 heterocycles. The molecule has 2 aromatic carbocycles. The molecular formula is C18H20N2O2. The Bertz CT molecular complexity index is 655. The first-order chi connectivity index (χ1) is 10.7. The van der Waals surface area contributed by atoms with E-state index in [1.165, 1.54) is 0 Å². The molecule has 0 radical (unpaired) electrons. The monoisotopic (exact) mass is 296 g/mol. The summed E-state index contributed by atoms with van der Waals surface area (Å²) >= 11 is 0. The van der Waals surface area contributed by atoms with E-state index in [2.05, 4.69) is 11.4 Å². The van der Waals surface area contributed by atoms with Gasteiger partial charge in [0.05, 0.1) is 6.04 Å². The van der Waals surface area contributed by atoms with Gasteiger partial charge in [-0.1, -0.05) is 30.3 Å². The van der Waals surface area contributed by atoms with Crippen LogP contribution in [0.4, 0.5) is 5.69 Å². The van der Waals surface area contributed by atoms with E-state index in [1.807, 2.05) is 42.5 Å². The number of anilines is 1. The van der Waals surface area contributed by atoms with Crippen LogP contribution in [-0.4, -0.2) is 12.5 Å². The molecule has 0 spiro atoms. The molecule has 0 aliphatic carbocycles. The van der Waals surface area contributed by atoms with E-state index in [0.717, 1.165) is 35.4 Å². The second-order valence-corrected chi connectivity index (χ2v) is 5.55. The molecule has 0 fully saturated rings. The lowest BCUT2D eigenvalue weighted by Crippen LogP contribution is -2.19. The number of rotatable bonds is 4. The molecule has 1 amide bonds. The predicted molar refractivity (Wildman–Crippen MR) is 86.9 cm³/mol. The van der Waals surface area contributed by atoms with Gasteiger partial charge >= 0.3 is 0 Å². The fourth-order valence-electron chi connectivity index (χ4n) is 2.62. The average Bonchev–Trinajstić information content (AvgIpc) is 2.73. The van der Waals surface area contributed by atoms with Crippen LogP contribution in [0, 0.1) is 0 Å². The first-order valence-corrected chi connectivity index (χ1v) is 7.58. The summed E-state index contributed by atoms with van der Waals surface area (Å²) in [7, 11) is 0. The quantitative estimate of drug-likeness (QED) is 0.911. The van der Waals surface area contributed by atoms with Gasteiger partial charge in [-0.25, -0.2) is 0 Å². The van der Waals surface area contributed by atoms with Crippen molar-refractivity contribution in [1.82, 2.24) is 0 Å². The molecule has 4 heteroatoms. The van der Waals surface area contributed by atoms with Crippen molar-refractivity contribution < 1.29 is 9.53 Å². The standard InChI is InChI=1S/C18H20N2O2/c19-16(12-22-15-6-2-1-3-7-15)13-9-10-17-14(11-13)5-4-8-18(21)20-17/h1-3,6-7,9-11,16H,4-5,8,12,19H2,(H,20,21). The number of amides is 1. The molecule has 0 aromatic heterocycles. The number of aryl methyl sites for hydroxylation is 1. The Morgan fingerprint density at radius 3 is 2.77 bits per heavy atom. The van der Waals surface area contributed by atoms with Gasteiger partial charge in [0.1, 0.15) is 12.4 Å². The zero-order valence-electron chi connectivity index (χ0n) is 12.4. The number of hydrogen-bond donors (Lipinski definition) is 2. The minimum atomic E-state index is -0.190. The highest BCUT2D eigenvalue weighted by molar-refractivity contribution is 5.92. The molecule has 2 aromatic rings. The maximum absolute atomic E-state index is 11.6. The number of benzene rings is 2. The van der Waals surface area contributed by atoms with Crippen LogP contribution in [-0.2, 0) is 11.2 Å². The largest absolute Gasteiger partial charge is 0.492 e. The highest BCUT2D eigenvalue weighted by Gasteiger charge is 2.15. The Morgan fingerprint density at radius 1 is 1.14 bits per heavy atom. The van der Waals surface area contributed by atoms with Crippen molar-refractivity contribution in [3.05, 3.63) is 59.7 Å².